The van der Waals surface area contributed by atoms with E-state index in [1.54, 1.807) is 36.0 Å². The fourth-order valence-corrected chi connectivity index (χ4v) is 2.16. The molecule has 0 N–H and O–H groups in total. The Labute approximate surface area is 114 Å². The van der Waals surface area contributed by atoms with Crippen LogP contribution in [0.15, 0.2) is 35.9 Å². The zero-order valence-corrected chi connectivity index (χ0v) is 11.7. The first kappa shape index (κ1) is 13.6. The second-order valence-corrected chi connectivity index (χ2v) is 4.56. The standard InChI is InChI=1S/C11H10ClNOS.BrH/c12-10-3-1-9(2-4-10)11(14)7-13-5-6-15-8-13;/h1-6H,7-8H2;1H. The van der Waals surface area contributed by atoms with Crippen molar-refractivity contribution in [2.45, 2.75) is 0 Å². The molecule has 86 valence electrons. The maximum absolute atomic E-state index is 11.8. The Hall–Kier alpha value is -0.450. The molecule has 0 spiro atoms. The smallest absolute Gasteiger partial charge is 0.182 e. The molecule has 1 heterocycles. The molecule has 0 aromatic heterocycles. The van der Waals surface area contributed by atoms with Gasteiger partial charge in [-0.3, -0.25) is 4.79 Å². The third kappa shape index (κ3) is 3.54. The molecule has 1 aliphatic heterocycles. The summed E-state index contributed by atoms with van der Waals surface area (Å²) < 4.78 is 0. The van der Waals surface area contributed by atoms with Gasteiger partial charge in [-0.05, 0) is 29.7 Å². The van der Waals surface area contributed by atoms with Gasteiger partial charge >= 0.3 is 0 Å². The van der Waals surface area contributed by atoms with Crippen LogP contribution in [0.5, 0.6) is 0 Å². The summed E-state index contributed by atoms with van der Waals surface area (Å²) >= 11 is 7.44. The van der Waals surface area contributed by atoms with E-state index in [2.05, 4.69) is 0 Å². The van der Waals surface area contributed by atoms with Crippen LogP contribution in [-0.4, -0.2) is 23.1 Å². The minimum absolute atomic E-state index is 0. The molecule has 0 saturated carbocycles. The van der Waals surface area contributed by atoms with Crippen molar-refractivity contribution in [3.63, 3.8) is 0 Å². The van der Waals surface area contributed by atoms with Crippen molar-refractivity contribution in [2.75, 3.05) is 12.4 Å². The lowest BCUT2D eigenvalue weighted by Crippen LogP contribution is -2.22. The average Bonchev–Trinajstić information content (AvgIpc) is 2.71. The van der Waals surface area contributed by atoms with Gasteiger partial charge in [0, 0.05) is 16.8 Å². The summed E-state index contributed by atoms with van der Waals surface area (Å²) in [6.45, 7) is 0.436. The number of carbonyl (C=O) groups is 1. The summed E-state index contributed by atoms with van der Waals surface area (Å²) in [5, 5.41) is 2.65. The molecule has 0 aliphatic carbocycles. The predicted molar refractivity (Wildman–Crippen MR) is 74.4 cm³/mol. The Morgan fingerprint density at radius 3 is 2.62 bits per heavy atom. The second-order valence-electron chi connectivity index (χ2n) is 3.26. The molecule has 0 fully saturated rings. The molecule has 0 amide bonds. The topological polar surface area (TPSA) is 20.3 Å². The van der Waals surface area contributed by atoms with E-state index in [-0.39, 0.29) is 22.8 Å². The van der Waals surface area contributed by atoms with Gasteiger partial charge < -0.3 is 4.90 Å². The number of hydrogen-bond donors (Lipinski definition) is 0. The Bertz CT molecular complexity index is 393. The lowest BCUT2D eigenvalue weighted by molar-refractivity contribution is 0.0963. The highest BCUT2D eigenvalue weighted by atomic mass is 79.9. The summed E-state index contributed by atoms with van der Waals surface area (Å²) in [6.07, 6.45) is 1.94. The van der Waals surface area contributed by atoms with Crippen LogP contribution in [0.4, 0.5) is 0 Å². The quantitative estimate of drug-likeness (QED) is 0.794. The zero-order valence-electron chi connectivity index (χ0n) is 8.43. The maximum atomic E-state index is 11.8. The summed E-state index contributed by atoms with van der Waals surface area (Å²) in [7, 11) is 0. The number of carbonyl (C=O) groups excluding carboxylic acids is 1. The van der Waals surface area contributed by atoms with Crippen LogP contribution < -0.4 is 0 Å². The lowest BCUT2D eigenvalue weighted by atomic mass is 10.1. The van der Waals surface area contributed by atoms with Gasteiger partial charge in [0.1, 0.15) is 0 Å². The van der Waals surface area contributed by atoms with Gasteiger partial charge in [-0.2, -0.15) is 0 Å². The SMILES string of the molecule is Br.O=C(CN1C=CSC1)c1ccc(Cl)cc1. The largest absolute Gasteiger partial charge is 0.360 e. The Balaban J connectivity index is 0.00000128. The van der Waals surface area contributed by atoms with E-state index in [1.165, 1.54) is 0 Å². The number of hydrogen-bond acceptors (Lipinski definition) is 3. The molecular formula is C11H11BrClNOS. The van der Waals surface area contributed by atoms with Crippen LogP contribution in [0.1, 0.15) is 10.4 Å². The van der Waals surface area contributed by atoms with E-state index in [1.807, 2.05) is 16.5 Å². The molecule has 0 radical (unpaired) electrons. The van der Waals surface area contributed by atoms with Gasteiger partial charge in [-0.25, -0.2) is 0 Å². The molecular weight excluding hydrogens is 310 g/mol. The van der Waals surface area contributed by atoms with Gasteiger partial charge in [0.2, 0.25) is 0 Å². The monoisotopic (exact) mass is 319 g/mol. The molecule has 0 bridgehead atoms. The summed E-state index contributed by atoms with van der Waals surface area (Å²) in [6, 6.07) is 7.00. The van der Waals surface area contributed by atoms with E-state index in [0.29, 0.717) is 17.1 Å². The van der Waals surface area contributed by atoms with Crippen molar-refractivity contribution in [3.8, 4) is 0 Å². The van der Waals surface area contributed by atoms with E-state index in [4.69, 9.17) is 11.6 Å². The Morgan fingerprint density at radius 2 is 2.06 bits per heavy atom. The van der Waals surface area contributed by atoms with Crippen LogP contribution >= 0.6 is 40.3 Å². The van der Waals surface area contributed by atoms with Crippen molar-refractivity contribution in [2.24, 2.45) is 0 Å². The highest BCUT2D eigenvalue weighted by Gasteiger charge is 2.11. The van der Waals surface area contributed by atoms with Gasteiger partial charge in [-0.15, -0.1) is 28.7 Å². The van der Waals surface area contributed by atoms with Gasteiger partial charge in [-0.1, -0.05) is 11.6 Å². The number of benzene rings is 1. The van der Waals surface area contributed by atoms with E-state index in [0.717, 1.165) is 5.88 Å². The molecule has 1 aromatic rings. The van der Waals surface area contributed by atoms with Crippen LogP contribution in [0, 0.1) is 0 Å². The van der Waals surface area contributed by atoms with Crippen molar-refractivity contribution < 1.29 is 4.79 Å². The first-order chi connectivity index (χ1) is 7.25. The molecule has 5 heteroatoms. The van der Waals surface area contributed by atoms with Crippen LogP contribution in [0.25, 0.3) is 0 Å². The first-order valence-electron chi connectivity index (χ1n) is 4.57. The summed E-state index contributed by atoms with van der Waals surface area (Å²) in [4.78, 5) is 13.8. The van der Waals surface area contributed by atoms with Gasteiger partial charge in [0.15, 0.2) is 5.78 Å². The van der Waals surface area contributed by atoms with Gasteiger partial charge in [0.25, 0.3) is 0 Å². The highest BCUT2D eigenvalue weighted by molar-refractivity contribution is 8.93. The fraction of sp³-hybridized carbons (Fsp3) is 0.182. The second kappa shape index (κ2) is 6.33. The van der Waals surface area contributed by atoms with Gasteiger partial charge in [0.05, 0.1) is 12.4 Å². The maximum Gasteiger partial charge on any atom is 0.182 e. The average molecular weight is 321 g/mol. The lowest BCUT2D eigenvalue weighted by Gasteiger charge is -2.12. The van der Waals surface area contributed by atoms with E-state index >= 15 is 0 Å². The number of halogens is 2. The van der Waals surface area contributed by atoms with Crippen molar-refractivity contribution in [3.05, 3.63) is 46.5 Å². The van der Waals surface area contributed by atoms with Crippen LogP contribution in [0.3, 0.4) is 0 Å². The molecule has 0 unspecified atom stereocenters. The molecule has 16 heavy (non-hydrogen) atoms. The summed E-state index contributed by atoms with van der Waals surface area (Å²) in [5.74, 6) is 0.984. The number of ketones is 1. The van der Waals surface area contributed by atoms with Crippen LogP contribution in [0.2, 0.25) is 5.02 Å². The van der Waals surface area contributed by atoms with Crippen molar-refractivity contribution in [1.29, 1.82) is 0 Å². The molecule has 2 nitrogen and oxygen atoms in total. The fourth-order valence-electron chi connectivity index (χ4n) is 1.32. The number of Topliss-reactive ketones (excluding diaryl/α,β-unsaturated/α-hetero) is 1. The Kier molecular flexibility index (Phi) is 5.38. The van der Waals surface area contributed by atoms with Crippen molar-refractivity contribution in [1.82, 2.24) is 4.90 Å². The molecule has 0 saturated heterocycles. The van der Waals surface area contributed by atoms with E-state index in [9.17, 15) is 4.79 Å². The minimum atomic E-state index is 0. The number of thioether (sulfide) groups is 1. The highest BCUT2D eigenvalue weighted by Crippen LogP contribution is 2.16. The van der Waals surface area contributed by atoms with Crippen molar-refractivity contribution >= 4 is 46.1 Å². The molecule has 2 rings (SSSR count). The van der Waals surface area contributed by atoms with E-state index < -0.39 is 0 Å². The molecule has 1 aliphatic rings. The molecule has 0 atom stereocenters. The minimum Gasteiger partial charge on any atom is -0.360 e. The van der Waals surface area contributed by atoms with Crippen LogP contribution in [-0.2, 0) is 0 Å². The first-order valence-corrected chi connectivity index (χ1v) is 5.99. The molecule has 1 aromatic carbocycles. The number of rotatable bonds is 3. The third-order valence-electron chi connectivity index (χ3n) is 2.12. The Morgan fingerprint density at radius 1 is 1.38 bits per heavy atom. The zero-order chi connectivity index (χ0) is 10.7. The third-order valence-corrected chi connectivity index (χ3v) is 3.17. The number of nitrogens with zero attached hydrogens (tertiary/aromatic N) is 1. The predicted octanol–water partition coefficient (Wildman–Crippen LogP) is 3.58. The normalized spacial score (nSPS) is 13.7. The summed E-state index contributed by atoms with van der Waals surface area (Å²) in [5.41, 5.74) is 0.713.